The molecule has 0 fully saturated rings. The molecule has 2 rings (SSSR count). The predicted octanol–water partition coefficient (Wildman–Crippen LogP) is 2.05. The minimum atomic E-state index is 0.710. The van der Waals surface area contributed by atoms with Crippen LogP contribution in [0.4, 0.5) is 5.82 Å². The molecule has 0 aliphatic carbocycles. The van der Waals surface area contributed by atoms with Crippen LogP contribution in [0.5, 0.6) is 0 Å². The fourth-order valence-electron chi connectivity index (χ4n) is 1.82. The Morgan fingerprint density at radius 2 is 2.17 bits per heavy atom. The Morgan fingerprint density at radius 1 is 1.33 bits per heavy atom. The summed E-state index contributed by atoms with van der Waals surface area (Å²) in [5.41, 5.74) is 2.13. The highest BCUT2D eigenvalue weighted by Gasteiger charge is 2.06. The highest BCUT2D eigenvalue weighted by Crippen LogP contribution is 2.09. The number of hydrogen-bond donors (Lipinski definition) is 1. The quantitative estimate of drug-likeness (QED) is 0.875. The number of rotatable bonds is 5. The van der Waals surface area contributed by atoms with Gasteiger partial charge in [0.2, 0.25) is 0 Å². The van der Waals surface area contributed by atoms with Crippen molar-refractivity contribution in [3.63, 3.8) is 0 Å². The summed E-state index contributed by atoms with van der Waals surface area (Å²) in [7, 11) is 3.90. The molecule has 0 saturated carbocycles. The van der Waals surface area contributed by atoms with E-state index in [1.807, 2.05) is 33.2 Å². The van der Waals surface area contributed by atoms with E-state index in [4.69, 9.17) is 4.42 Å². The SMILES string of the molecule is CNc1cc(C)nc(CN(C)Cc2ccoc2)n1. The first kappa shape index (κ1) is 12.6. The Labute approximate surface area is 107 Å². The van der Waals surface area contributed by atoms with Crippen LogP contribution in [0.1, 0.15) is 17.1 Å². The molecule has 0 aromatic carbocycles. The number of aromatic nitrogens is 2. The number of hydrogen-bond acceptors (Lipinski definition) is 5. The molecule has 18 heavy (non-hydrogen) atoms. The standard InChI is InChI=1S/C13H18N4O/c1-10-6-12(14-2)16-13(15-10)8-17(3)7-11-4-5-18-9-11/h4-6,9H,7-8H2,1-3H3,(H,14,15,16). The van der Waals surface area contributed by atoms with Crippen molar-refractivity contribution in [1.82, 2.24) is 14.9 Å². The summed E-state index contributed by atoms with van der Waals surface area (Å²) in [6.07, 6.45) is 3.44. The third-order valence-corrected chi connectivity index (χ3v) is 2.60. The van der Waals surface area contributed by atoms with Crippen LogP contribution in [-0.2, 0) is 13.1 Å². The smallest absolute Gasteiger partial charge is 0.144 e. The summed E-state index contributed by atoms with van der Waals surface area (Å²) in [5.74, 6) is 1.68. The molecule has 2 aromatic heterocycles. The second-order valence-corrected chi connectivity index (χ2v) is 4.36. The van der Waals surface area contributed by atoms with Crippen molar-refractivity contribution in [2.24, 2.45) is 0 Å². The van der Waals surface area contributed by atoms with Crippen molar-refractivity contribution < 1.29 is 4.42 Å². The molecule has 0 amide bonds. The Balaban J connectivity index is 2.02. The second kappa shape index (κ2) is 5.64. The Morgan fingerprint density at radius 3 is 2.83 bits per heavy atom. The molecule has 0 saturated heterocycles. The lowest BCUT2D eigenvalue weighted by Gasteiger charge is -2.15. The number of aryl methyl sites for hydroxylation is 1. The molecule has 5 nitrogen and oxygen atoms in total. The van der Waals surface area contributed by atoms with E-state index in [-0.39, 0.29) is 0 Å². The maximum absolute atomic E-state index is 5.05. The van der Waals surface area contributed by atoms with Gasteiger partial charge in [0.1, 0.15) is 11.6 Å². The zero-order chi connectivity index (χ0) is 13.0. The normalized spacial score (nSPS) is 10.9. The van der Waals surface area contributed by atoms with Crippen molar-refractivity contribution in [3.05, 3.63) is 41.7 Å². The molecule has 0 radical (unpaired) electrons. The average molecular weight is 246 g/mol. The molecule has 0 aliphatic heterocycles. The third kappa shape index (κ3) is 3.30. The van der Waals surface area contributed by atoms with Gasteiger partial charge in [0.25, 0.3) is 0 Å². The molecule has 0 atom stereocenters. The molecule has 2 heterocycles. The fraction of sp³-hybridized carbons (Fsp3) is 0.385. The van der Waals surface area contributed by atoms with Crippen molar-refractivity contribution in [3.8, 4) is 0 Å². The number of anilines is 1. The van der Waals surface area contributed by atoms with Crippen LogP contribution < -0.4 is 5.32 Å². The van der Waals surface area contributed by atoms with Gasteiger partial charge in [-0.3, -0.25) is 4.90 Å². The lowest BCUT2D eigenvalue weighted by molar-refractivity contribution is 0.309. The van der Waals surface area contributed by atoms with Crippen LogP contribution in [-0.4, -0.2) is 29.0 Å². The van der Waals surface area contributed by atoms with E-state index in [1.54, 1.807) is 12.5 Å². The van der Waals surface area contributed by atoms with E-state index in [2.05, 4.69) is 20.2 Å². The molecule has 5 heteroatoms. The summed E-state index contributed by atoms with van der Waals surface area (Å²) in [4.78, 5) is 11.0. The van der Waals surface area contributed by atoms with Crippen molar-refractivity contribution in [2.75, 3.05) is 19.4 Å². The maximum Gasteiger partial charge on any atom is 0.144 e. The topological polar surface area (TPSA) is 54.2 Å². The van der Waals surface area contributed by atoms with Gasteiger partial charge in [-0.2, -0.15) is 0 Å². The summed E-state index contributed by atoms with van der Waals surface area (Å²) in [6.45, 7) is 3.51. The van der Waals surface area contributed by atoms with Gasteiger partial charge in [0.05, 0.1) is 19.1 Å². The molecule has 2 aromatic rings. The molecular formula is C13H18N4O. The van der Waals surface area contributed by atoms with Gasteiger partial charge < -0.3 is 9.73 Å². The number of furan rings is 1. The minimum absolute atomic E-state index is 0.710. The molecule has 0 aliphatic rings. The van der Waals surface area contributed by atoms with Crippen molar-refractivity contribution in [2.45, 2.75) is 20.0 Å². The van der Waals surface area contributed by atoms with Gasteiger partial charge in [-0.15, -0.1) is 0 Å². The van der Waals surface area contributed by atoms with Gasteiger partial charge in [-0.05, 0) is 20.0 Å². The van der Waals surface area contributed by atoms with E-state index < -0.39 is 0 Å². The summed E-state index contributed by atoms with van der Waals surface area (Å²) >= 11 is 0. The summed E-state index contributed by atoms with van der Waals surface area (Å²) in [6, 6.07) is 3.90. The van der Waals surface area contributed by atoms with Crippen LogP contribution in [0.25, 0.3) is 0 Å². The molecule has 0 bridgehead atoms. The first-order valence-electron chi connectivity index (χ1n) is 5.89. The van der Waals surface area contributed by atoms with Gasteiger partial charge in [-0.25, -0.2) is 9.97 Å². The largest absolute Gasteiger partial charge is 0.472 e. The highest BCUT2D eigenvalue weighted by molar-refractivity contribution is 5.34. The zero-order valence-electron chi connectivity index (χ0n) is 11.0. The van der Waals surface area contributed by atoms with Crippen LogP contribution in [0.15, 0.2) is 29.1 Å². The van der Waals surface area contributed by atoms with Crippen LogP contribution in [0, 0.1) is 6.92 Å². The Bertz CT molecular complexity index is 496. The number of nitrogens with zero attached hydrogens (tertiary/aromatic N) is 3. The Hall–Kier alpha value is -1.88. The predicted molar refractivity (Wildman–Crippen MR) is 70.2 cm³/mol. The fourth-order valence-corrected chi connectivity index (χ4v) is 1.82. The van der Waals surface area contributed by atoms with E-state index in [1.165, 1.54) is 0 Å². The summed E-state index contributed by atoms with van der Waals surface area (Å²) in [5, 5.41) is 3.04. The molecular weight excluding hydrogens is 228 g/mol. The minimum Gasteiger partial charge on any atom is -0.472 e. The lowest BCUT2D eigenvalue weighted by atomic mass is 10.3. The Kier molecular flexibility index (Phi) is 3.94. The molecule has 1 N–H and O–H groups in total. The molecule has 0 unspecified atom stereocenters. The van der Waals surface area contributed by atoms with Gasteiger partial charge in [0.15, 0.2) is 0 Å². The van der Waals surface area contributed by atoms with Crippen LogP contribution >= 0.6 is 0 Å². The van der Waals surface area contributed by atoms with Gasteiger partial charge in [-0.1, -0.05) is 0 Å². The van der Waals surface area contributed by atoms with Gasteiger partial charge in [0, 0.05) is 30.9 Å². The van der Waals surface area contributed by atoms with Crippen LogP contribution in [0.2, 0.25) is 0 Å². The van der Waals surface area contributed by atoms with Crippen molar-refractivity contribution in [1.29, 1.82) is 0 Å². The molecule has 0 spiro atoms. The van der Waals surface area contributed by atoms with Crippen LogP contribution in [0.3, 0.4) is 0 Å². The zero-order valence-corrected chi connectivity index (χ0v) is 11.0. The third-order valence-electron chi connectivity index (χ3n) is 2.60. The number of nitrogens with one attached hydrogen (secondary N) is 1. The van der Waals surface area contributed by atoms with E-state index in [9.17, 15) is 0 Å². The van der Waals surface area contributed by atoms with Gasteiger partial charge >= 0.3 is 0 Å². The van der Waals surface area contributed by atoms with E-state index in [0.717, 1.165) is 29.4 Å². The van der Waals surface area contributed by atoms with E-state index in [0.29, 0.717) is 6.54 Å². The lowest BCUT2D eigenvalue weighted by Crippen LogP contribution is -2.19. The maximum atomic E-state index is 5.05. The average Bonchev–Trinajstić information content (AvgIpc) is 2.80. The monoisotopic (exact) mass is 246 g/mol. The first-order chi connectivity index (χ1) is 8.67. The summed E-state index contributed by atoms with van der Waals surface area (Å²) < 4.78 is 5.05. The molecule has 96 valence electrons. The van der Waals surface area contributed by atoms with E-state index >= 15 is 0 Å². The second-order valence-electron chi connectivity index (χ2n) is 4.36. The first-order valence-corrected chi connectivity index (χ1v) is 5.89. The van der Waals surface area contributed by atoms with Crippen molar-refractivity contribution >= 4 is 5.82 Å². The highest BCUT2D eigenvalue weighted by atomic mass is 16.3.